The lowest BCUT2D eigenvalue weighted by Crippen LogP contribution is -1.95. The van der Waals surface area contributed by atoms with Gasteiger partial charge in [-0.05, 0) is 25.1 Å². The number of carboxylic acids is 1. The summed E-state index contributed by atoms with van der Waals surface area (Å²) in [5.41, 5.74) is 1.17. The van der Waals surface area contributed by atoms with Gasteiger partial charge in [0.2, 0.25) is 0 Å². The number of aryl methyl sites for hydroxylation is 1. The minimum atomic E-state index is -0.961. The van der Waals surface area contributed by atoms with Gasteiger partial charge in [0, 0.05) is 6.08 Å². The van der Waals surface area contributed by atoms with E-state index in [4.69, 9.17) is 9.84 Å². The summed E-state index contributed by atoms with van der Waals surface area (Å²) in [5.74, 6) is -0.219. The fraction of sp³-hybridized carbons (Fsp3) is 0.182. The molecule has 0 saturated heterocycles. The second kappa shape index (κ2) is 5.07. The summed E-state index contributed by atoms with van der Waals surface area (Å²) in [7, 11) is 0. The zero-order chi connectivity index (χ0) is 10.4. The van der Waals surface area contributed by atoms with Crippen molar-refractivity contribution in [2.75, 3.05) is 6.61 Å². The maximum absolute atomic E-state index is 10.1. The van der Waals surface area contributed by atoms with Crippen LogP contribution >= 0.6 is 0 Å². The minimum absolute atomic E-state index is 0.273. The molecule has 0 aliphatic carbocycles. The summed E-state index contributed by atoms with van der Waals surface area (Å²) in [6.45, 7) is 2.27. The van der Waals surface area contributed by atoms with E-state index in [9.17, 15) is 4.79 Å². The molecule has 0 heterocycles. The van der Waals surface area contributed by atoms with Gasteiger partial charge in [0.05, 0.1) is 0 Å². The number of ether oxygens (including phenoxy) is 1. The van der Waals surface area contributed by atoms with Gasteiger partial charge < -0.3 is 9.84 Å². The Morgan fingerprint density at radius 2 is 2.07 bits per heavy atom. The van der Waals surface area contributed by atoms with E-state index in [1.807, 2.05) is 31.2 Å². The molecule has 14 heavy (non-hydrogen) atoms. The molecule has 3 heteroatoms. The van der Waals surface area contributed by atoms with Crippen LogP contribution in [0.1, 0.15) is 5.56 Å². The van der Waals surface area contributed by atoms with Crippen molar-refractivity contribution in [3.63, 3.8) is 0 Å². The summed E-state index contributed by atoms with van der Waals surface area (Å²) < 4.78 is 5.26. The molecule has 0 spiro atoms. The largest absolute Gasteiger partial charge is 0.490 e. The van der Waals surface area contributed by atoms with Crippen molar-refractivity contribution in [2.24, 2.45) is 0 Å². The third-order valence-electron chi connectivity index (χ3n) is 1.63. The maximum atomic E-state index is 10.1. The lowest BCUT2D eigenvalue weighted by molar-refractivity contribution is -0.131. The van der Waals surface area contributed by atoms with Gasteiger partial charge >= 0.3 is 5.97 Å². The van der Waals surface area contributed by atoms with Crippen LogP contribution in [0.4, 0.5) is 0 Å². The highest BCUT2D eigenvalue weighted by atomic mass is 16.5. The molecule has 3 nitrogen and oxygen atoms in total. The van der Waals surface area contributed by atoms with Gasteiger partial charge in [-0.25, -0.2) is 4.79 Å². The Morgan fingerprint density at radius 1 is 1.43 bits per heavy atom. The van der Waals surface area contributed by atoms with Gasteiger partial charge in [0.1, 0.15) is 12.4 Å². The Bertz CT molecular complexity index is 325. The van der Waals surface area contributed by atoms with Gasteiger partial charge in [-0.2, -0.15) is 0 Å². The number of hydrogen-bond acceptors (Lipinski definition) is 2. The lowest BCUT2D eigenvalue weighted by Gasteiger charge is -2.02. The van der Waals surface area contributed by atoms with Gasteiger partial charge in [0.15, 0.2) is 0 Å². The molecule has 1 rings (SSSR count). The Morgan fingerprint density at radius 3 is 2.64 bits per heavy atom. The van der Waals surface area contributed by atoms with Crippen molar-refractivity contribution in [1.29, 1.82) is 0 Å². The molecule has 1 N–H and O–H groups in total. The summed E-state index contributed by atoms with van der Waals surface area (Å²) in [6, 6.07) is 7.58. The molecule has 0 fully saturated rings. The maximum Gasteiger partial charge on any atom is 0.328 e. The normalized spacial score (nSPS) is 10.4. The first-order chi connectivity index (χ1) is 6.68. The first kappa shape index (κ1) is 10.3. The molecule has 0 saturated carbocycles. The topological polar surface area (TPSA) is 46.5 Å². The van der Waals surface area contributed by atoms with Gasteiger partial charge in [0.25, 0.3) is 0 Å². The summed E-state index contributed by atoms with van der Waals surface area (Å²) >= 11 is 0. The molecule has 0 amide bonds. The Balaban J connectivity index is 2.39. The minimum Gasteiger partial charge on any atom is -0.490 e. The Hall–Kier alpha value is -1.77. The molecule has 0 bridgehead atoms. The van der Waals surface area contributed by atoms with Crippen molar-refractivity contribution >= 4 is 5.97 Å². The second-order valence-corrected chi connectivity index (χ2v) is 2.86. The van der Waals surface area contributed by atoms with E-state index in [0.717, 1.165) is 11.8 Å². The molecular formula is C11H12O3. The third-order valence-corrected chi connectivity index (χ3v) is 1.63. The zero-order valence-electron chi connectivity index (χ0n) is 7.93. The SMILES string of the molecule is Cc1ccc(OC/C=C/C(=O)O)cc1. The molecule has 0 unspecified atom stereocenters. The summed E-state index contributed by atoms with van der Waals surface area (Å²) in [4.78, 5) is 10.1. The number of carboxylic acid groups (broad SMARTS) is 1. The molecule has 0 radical (unpaired) electrons. The number of carbonyl (C=O) groups is 1. The fourth-order valence-corrected chi connectivity index (χ4v) is 0.928. The molecule has 0 aliphatic heterocycles. The molecule has 74 valence electrons. The number of hydrogen-bond donors (Lipinski definition) is 1. The fourth-order valence-electron chi connectivity index (χ4n) is 0.928. The third kappa shape index (κ3) is 3.76. The van der Waals surface area contributed by atoms with Gasteiger partial charge in [-0.15, -0.1) is 0 Å². The highest BCUT2D eigenvalue weighted by Crippen LogP contribution is 2.10. The lowest BCUT2D eigenvalue weighted by atomic mass is 10.2. The quantitative estimate of drug-likeness (QED) is 0.742. The predicted molar refractivity (Wildman–Crippen MR) is 53.4 cm³/mol. The molecular weight excluding hydrogens is 180 g/mol. The summed E-state index contributed by atoms with van der Waals surface area (Å²) in [5, 5.41) is 8.30. The van der Waals surface area contributed by atoms with Crippen molar-refractivity contribution in [3.05, 3.63) is 42.0 Å². The second-order valence-electron chi connectivity index (χ2n) is 2.86. The molecule has 1 aromatic carbocycles. The zero-order valence-corrected chi connectivity index (χ0v) is 7.93. The van der Waals surface area contributed by atoms with E-state index in [0.29, 0.717) is 0 Å². The molecule has 1 aromatic rings. The van der Waals surface area contributed by atoms with Crippen molar-refractivity contribution < 1.29 is 14.6 Å². The van der Waals surface area contributed by atoms with E-state index in [2.05, 4.69) is 0 Å². The first-order valence-corrected chi connectivity index (χ1v) is 4.27. The average Bonchev–Trinajstić information content (AvgIpc) is 2.15. The highest BCUT2D eigenvalue weighted by Gasteiger charge is 1.90. The predicted octanol–water partition coefficient (Wildman–Crippen LogP) is 2.01. The van der Waals surface area contributed by atoms with Crippen LogP contribution in [0, 0.1) is 6.92 Å². The van der Waals surface area contributed by atoms with Crippen LogP contribution in [0.2, 0.25) is 0 Å². The molecule has 0 aromatic heterocycles. The van der Waals surface area contributed by atoms with Crippen molar-refractivity contribution in [3.8, 4) is 5.75 Å². The number of rotatable bonds is 4. The first-order valence-electron chi connectivity index (χ1n) is 4.27. The van der Waals surface area contributed by atoms with Crippen LogP contribution < -0.4 is 4.74 Å². The number of aliphatic carboxylic acids is 1. The van der Waals surface area contributed by atoms with E-state index < -0.39 is 5.97 Å². The monoisotopic (exact) mass is 192 g/mol. The van der Waals surface area contributed by atoms with E-state index >= 15 is 0 Å². The van der Waals surface area contributed by atoms with Gasteiger partial charge in [-0.1, -0.05) is 17.7 Å². The average molecular weight is 192 g/mol. The van der Waals surface area contributed by atoms with Crippen molar-refractivity contribution in [1.82, 2.24) is 0 Å². The van der Waals surface area contributed by atoms with Crippen LogP contribution in [0.5, 0.6) is 5.75 Å². The van der Waals surface area contributed by atoms with Gasteiger partial charge in [-0.3, -0.25) is 0 Å². The standard InChI is InChI=1S/C11H12O3/c1-9-4-6-10(7-5-9)14-8-2-3-11(12)13/h2-7H,8H2,1H3,(H,12,13)/b3-2+. The van der Waals surface area contributed by atoms with Crippen molar-refractivity contribution in [2.45, 2.75) is 6.92 Å². The molecule has 0 atom stereocenters. The smallest absolute Gasteiger partial charge is 0.328 e. The van der Waals surface area contributed by atoms with Crippen LogP contribution in [0.25, 0.3) is 0 Å². The highest BCUT2D eigenvalue weighted by molar-refractivity contribution is 5.79. The number of benzene rings is 1. The van der Waals surface area contributed by atoms with E-state index in [-0.39, 0.29) is 6.61 Å². The van der Waals surface area contributed by atoms with Crippen LogP contribution in [0.3, 0.4) is 0 Å². The Kier molecular flexibility index (Phi) is 3.73. The van der Waals surface area contributed by atoms with E-state index in [1.165, 1.54) is 11.6 Å². The van der Waals surface area contributed by atoms with Crippen LogP contribution in [-0.2, 0) is 4.79 Å². The van der Waals surface area contributed by atoms with E-state index in [1.54, 1.807) is 0 Å². The Labute approximate surface area is 82.6 Å². The summed E-state index contributed by atoms with van der Waals surface area (Å²) in [6.07, 6.45) is 2.52. The van der Waals surface area contributed by atoms with Crippen LogP contribution in [0.15, 0.2) is 36.4 Å². The molecule has 0 aliphatic rings. The van der Waals surface area contributed by atoms with Crippen LogP contribution in [-0.4, -0.2) is 17.7 Å².